The molecule has 1 atom stereocenters. The van der Waals surface area contributed by atoms with Crippen LogP contribution in [0.5, 0.6) is 5.75 Å². The SMILES string of the molecule is CCC(CC)CC(O)c1c(Cl)cccc1OC. The van der Waals surface area contributed by atoms with Gasteiger partial charge in [-0.05, 0) is 24.5 Å². The number of aliphatic hydroxyl groups is 1. The van der Waals surface area contributed by atoms with E-state index in [1.807, 2.05) is 12.1 Å². The fourth-order valence-electron chi connectivity index (χ4n) is 2.07. The third-order valence-electron chi connectivity index (χ3n) is 3.28. The summed E-state index contributed by atoms with van der Waals surface area (Å²) in [6.07, 6.45) is 2.32. The van der Waals surface area contributed by atoms with Gasteiger partial charge in [0.2, 0.25) is 0 Å². The molecule has 0 aliphatic heterocycles. The first kappa shape index (κ1) is 14.3. The molecule has 96 valence electrons. The highest BCUT2D eigenvalue weighted by molar-refractivity contribution is 6.31. The average molecular weight is 257 g/mol. The van der Waals surface area contributed by atoms with Crippen molar-refractivity contribution in [2.24, 2.45) is 5.92 Å². The van der Waals surface area contributed by atoms with E-state index in [1.54, 1.807) is 13.2 Å². The lowest BCUT2D eigenvalue weighted by Crippen LogP contribution is -2.08. The predicted molar refractivity (Wildman–Crippen MR) is 71.7 cm³/mol. The smallest absolute Gasteiger partial charge is 0.126 e. The molecule has 0 saturated carbocycles. The van der Waals surface area contributed by atoms with Gasteiger partial charge in [-0.25, -0.2) is 0 Å². The van der Waals surface area contributed by atoms with E-state index in [0.29, 0.717) is 22.3 Å². The summed E-state index contributed by atoms with van der Waals surface area (Å²) in [5, 5.41) is 10.9. The number of methoxy groups -OCH3 is 1. The van der Waals surface area contributed by atoms with E-state index in [2.05, 4.69) is 13.8 Å². The van der Waals surface area contributed by atoms with Crippen LogP contribution in [0.4, 0.5) is 0 Å². The van der Waals surface area contributed by atoms with Gasteiger partial charge in [0.25, 0.3) is 0 Å². The molecule has 0 aromatic heterocycles. The standard InChI is InChI=1S/C14H21ClO2/c1-4-10(5-2)9-12(16)14-11(15)7-6-8-13(14)17-3/h6-8,10,12,16H,4-5,9H2,1-3H3. The van der Waals surface area contributed by atoms with Crippen LogP contribution >= 0.6 is 11.6 Å². The molecule has 3 heteroatoms. The summed E-state index contributed by atoms with van der Waals surface area (Å²) in [5.74, 6) is 1.18. The molecule has 0 bridgehead atoms. The van der Waals surface area contributed by atoms with Crippen molar-refractivity contribution in [2.75, 3.05) is 7.11 Å². The first-order valence-corrected chi connectivity index (χ1v) is 6.52. The van der Waals surface area contributed by atoms with Gasteiger partial charge in [0.15, 0.2) is 0 Å². The molecule has 1 rings (SSSR count). The first-order valence-electron chi connectivity index (χ1n) is 6.14. The van der Waals surface area contributed by atoms with Gasteiger partial charge in [0, 0.05) is 5.56 Å². The molecule has 0 fully saturated rings. The van der Waals surface area contributed by atoms with E-state index in [9.17, 15) is 5.11 Å². The van der Waals surface area contributed by atoms with Crippen molar-refractivity contribution in [1.82, 2.24) is 0 Å². The molecular formula is C14H21ClO2. The van der Waals surface area contributed by atoms with Gasteiger partial charge in [-0.15, -0.1) is 0 Å². The molecule has 1 aromatic carbocycles. The molecule has 0 heterocycles. The number of aliphatic hydroxyl groups excluding tert-OH is 1. The number of hydrogen-bond acceptors (Lipinski definition) is 2. The highest BCUT2D eigenvalue weighted by atomic mass is 35.5. The maximum Gasteiger partial charge on any atom is 0.126 e. The summed E-state index contributed by atoms with van der Waals surface area (Å²) in [6.45, 7) is 4.29. The molecular weight excluding hydrogens is 236 g/mol. The first-order chi connectivity index (χ1) is 8.13. The minimum Gasteiger partial charge on any atom is -0.496 e. The van der Waals surface area contributed by atoms with E-state index in [0.717, 1.165) is 19.3 Å². The molecule has 1 unspecified atom stereocenters. The molecule has 0 amide bonds. The Labute approximate surface area is 109 Å². The predicted octanol–water partition coefficient (Wildman–Crippen LogP) is 4.21. The van der Waals surface area contributed by atoms with Crippen LogP contribution in [-0.2, 0) is 0 Å². The van der Waals surface area contributed by atoms with E-state index in [1.165, 1.54) is 0 Å². The van der Waals surface area contributed by atoms with Crippen molar-refractivity contribution in [3.05, 3.63) is 28.8 Å². The lowest BCUT2D eigenvalue weighted by Gasteiger charge is -2.20. The largest absolute Gasteiger partial charge is 0.496 e. The van der Waals surface area contributed by atoms with Crippen LogP contribution in [0.25, 0.3) is 0 Å². The summed E-state index contributed by atoms with van der Waals surface area (Å²) >= 11 is 6.13. The topological polar surface area (TPSA) is 29.5 Å². The molecule has 0 spiro atoms. The van der Waals surface area contributed by atoms with Crippen LogP contribution in [0.3, 0.4) is 0 Å². The number of benzene rings is 1. The third-order valence-corrected chi connectivity index (χ3v) is 3.61. The van der Waals surface area contributed by atoms with Crippen LogP contribution in [-0.4, -0.2) is 12.2 Å². The van der Waals surface area contributed by atoms with Gasteiger partial charge in [-0.2, -0.15) is 0 Å². The number of halogens is 1. The van der Waals surface area contributed by atoms with Gasteiger partial charge in [-0.1, -0.05) is 44.4 Å². The molecule has 17 heavy (non-hydrogen) atoms. The Morgan fingerprint density at radius 1 is 1.29 bits per heavy atom. The lowest BCUT2D eigenvalue weighted by molar-refractivity contribution is 0.138. The second-order valence-corrected chi connectivity index (χ2v) is 4.70. The molecule has 0 aliphatic carbocycles. The van der Waals surface area contributed by atoms with Gasteiger partial charge in [0.1, 0.15) is 5.75 Å². The maximum absolute atomic E-state index is 10.3. The third kappa shape index (κ3) is 3.62. The van der Waals surface area contributed by atoms with Crippen molar-refractivity contribution in [3.63, 3.8) is 0 Å². The highest BCUT2D eigenvalue weighted by Crippen LogP contribution is 2.36. The van der Waals surface area contributed by atoms with Crippen molar-refractivity contribution in [1.29, 1.82) is 0 Å². The highest BCUT2D eigenvalue weighted by Gasteiger charge is 2.19. The summed E-state index contributed by atoms with van der Waals surface area (Å²) in [7, 11) is 1.60. The average Bonchev–Trinajstić information content (AvgIpc) is 2.35. The number of hydrogen-bond donors (Lipinski definition) is 1. The second kappa shape index (κ2) is 6.87. The minimum absolute atomic E-state index is 0.519. The van der Waals surface area contributed by atoms with E-state index in [4.69, 9.17) is 16.3 Å². The zero-order chi connectivity index (χ0) is 12.8. The normalized spacial score (nSPS) is 12.8. The van der Waals surface area contributed by atoms with Gasteiger partial charge in [0.05, 0.1) is 18.2 Å². The van der Waals surface area contributed by atoms with E-state index >= 15 is 0 Å². The Balaban J connectivity index is 2.91. The fourth-order valence-corrected chi connectivity index (χ4v) is 2.37. The van der Waals surface area contributed by atoms with Crippen LogP contribution in [0.15, 0.2) is 18.2 Å². The van der Waals surface area contributed by atoms with E-state index < -0.39 is 6.10 Å². The maximum atomic E-state index is 10.3. The summed E-state index contributed by atoms with van der Waals surface area (Å²) in [6, 6.07) is 5.45. The van der Waals surface area contributed by atoms with Crippen LogP contribution in [0.2, 0.25) is 5.02 Å². The van der Waals surface area contributed by atoms with Gasteiger partial charge >= 0.3 is 0 Å². The molecule has 0 saturated heterocycles. The second-order valence-electron chi connectivity index (χ2n) is 4.29. The molecule has 1 aromatic rings. The van der Waals surface area contributed by atoms with E-state index in [-0.39, 0.29) is 0 Å². The quantitative estimate of drug-likeness (QED) is 0.826. The van der Waals surface area contributed by atoms with Crippen molar-refractivity contribution >= 4 is 11.6 Å². The zero-order valence-electron chi connectivity index (χ0n) is 10.7. The van der Waals surface area contributed by atoms with Crippen molar-refractivity contribution in [2.45, 2.75) is 39.2 Å². The monoisotopic (exact) mass is 256 g/mol. The Bertz CT molecular complexity index is 348. The molecule has 0 aliphatic rings. The molecule has 0 radical (unpaired) electrons. The molecule has 2 nitrogen and oxygen atoms in total. The Morgan fingerprint density at radius 2 is 1.94 bits per heavy atom. The van der Waals surface area contributed by atoms with Crippen LogP contribution < -0.4 is 4.74 Å². The van der Waals surface area contributed by atoms with Gasteiger partial charge < -0.3 is 9.84 Å². The lowest BCUT2D eigenvalue weighted by atomic mass is 9.92. The van der Waals surface area contributed by atoms with Crippen LogP contribution in [0, 0.1) is 5.92 Å². The van der Waals surface area contributed by atoms with Crippen molar-refractivity contribution < 1.29 is 9.84 Å². The number of rotatable bonds is 6. The Hall–Kier alpha value is -0.730. The summed E-state index contributed by atoms with van der Waals surface area (Å²) in [5.41, 5.74) is 0.712. The Kier molecular flexibility index (Phi) is 5.79. The fraction of sp³-hybridized carbons (Fsp3) is 0.571. The zero-order valence-corrected chi connectivity index (χ0v) is 11.5. The van der Waals surface area contributed by atoms with Crippen molar-refractivity contribution in [3.8, 4) is 5.75 Å². The number of ether oxygens (including phenoxy) is 1. The molecule has 1 N–H and O–H groups in total. The van der Waals surface area contributed by atoms with Crippen LogP contribution in [0.1, 0.15) is 44.8 Å². The summed E-state index contributed by atoms with van der Waals surface area (Å²) in [4.78, 5) is 0. The van der Waals surface area contributed by atoms with Gasteiger partial charge in [-0.3, -0.25) is 0 Å². The minimum atomic E-state index is -0.552. The summed E-state index contributed by atoms with van der Waals surface area (Å²) < 4.78 is 5.25. The Morgan fingerprint density at radius 3 is 2.47 bits per heavy atom.